The highest BCUT2D eigenvalue weighted by molar-refractivity contribution is 5.79. The molecule has 122 valence electrons. The minimum absolute atomic E-state index is 0.187. The van der Waals surface area contributed by atoms with Gasteiger partial charge in [-0.3, -0.25) is 4.79 Å². The normalized spacial score (nSPS) is 13.4. The van der Waals surface area contributed by atoms with Gasteiger partial charge in [0.05, 0.1) is 12.5 Å². The van der Waals surface area contributed by atoms with Crippen LogP contribution in [0.2, 0.25) is 0 Å². The third-order valence-electron chi connectivity index (χ3n) is 3.89. The number of benzene rings is 2. The maximum atomic E-state index is 13.6. The molecule has 0 aliphatic heterocycles. The molecule has 0 aliphatic carbocycles. The predicted molar refractivity (Wildman–Crippen MR) is 86.7 cm³/mol. The second-order valence-electron chi connectivity index (χ2n) is 5.53. The van der Waals surface area contributed by atoms with Crippen molar-refractivity contribution in [2.75, 3.05) is 0 Å². The second kappa shape index (κ2) is 7.85. The molecule has 0 radical (unpaired) electrons. The fraction of sp³-hybridized carbons (Fsp3) is 0.278. The molecule has 0 aliphatic rings. The van der Waals surface area contributed by atoms with Crippen molar-refractivity contribution in [2.24, 2.45) is 11.7 Å². The minimum Gasteiger partial charge on any atom is -0.392 e. The van der Waals surface area contributed by atoms with Crippen molar-refractivity contribution in [3.8, 4) is 0 Å². The van der Waals surface area contributed by atoms with Crippen LogP contribution in [0.15, 0.2) is 48.5 Å². The van der Waals surface area contributed by atoms with Gasteiger partial charge in [-0.2, -0.15) is 0 Å². The van der Waals surface area contributed by atoms with Crippen molar-refractivity contribution >= 4 is 5.91 Å². The Morgan fingerprint density at radius 2 is 1.96 bits per heavy atom. The quantitative estimate of drug-likeness (QED) is 0.765. The van der Waals surface area contributed by atoms with E-state index in [1.165, 1.54) is 12.1 Å². The van der Waals surface area contributed by atoms with Crippen LogP contribution in [-0.2, 0) is 17.9 Å². The number of aliphatic hydroxyl groups is 1. The van der Waals surface area contributed by atoms with Gasteiger partial charge < -0.3 is 16.2 Å². The van der Waals surface area contributed by atoms with Gasteiger partial charge in [0.1, 0.15) is 5.82 Å². The molecule has 2 aromatic rings. The van der Waals surface area contributed by atoms with Crippen LogP contribution in [0.3, 0.4) is 0 Å². The Labute approximate surface area is 135 Å². The van der Waals surface area contributed by atoms with Gasteiger partial charge in [-0.15, -0.1) is 0 Å². The van der Waals surface area contributed by atoms with E-state index in [-0.39, 0.29) is 24.6 Å². The van der Waals surface area contributed by atoms with Gasteiger partial charge in [0.15, 0.2) is 0 Å². The van der Waals surface area contributed by atoms with E-state index in [0.717, 1.165) is 5.56 Å². The van der Waals surface area contributed by atoms with E-state index in [1.54, 1.807) is 13.0 Å². The van der Waals surface area contributed by atoms with Crippen LogP contribution in [0, 0.1) is 11.7 Å². The number of carbonyl (C=O) groups excluding carboxylic acids is 1. The van der Waals surface area contributed by atoms with Gasteiger partial charge in [-0.05, 0) is 17.2 Å². The van der Waals surface area contributed by atoms with E-state index in [1.807, 2.05) is 30.3 Å². The third-order valence-corrected chi connectivity index (χ3v) is 3.89. The summed E-state index contributed by atoms with van der Waals surface area (Å²) < 4.78 is 13.6. The van der Waals surface area contributed by atoms with E-state index < -0.39 is 17.8 Å². The molecule has 2 aromatic carbocycles. The summed E-state index contributed by atoms with van der Waals surface area (Å²) in [5.74, 6) is -1.07. The molecule has 0 aromatic heterocycles. The molecule has 23 heavy (non-hydrogen) atoms. The van der Waals surface area contributed by atoms with Gasteiger partial charge >= 0.3 is 0 Å². The number of nitrogens with one attached hydrogen (secondary N) is 1. The van der Waals surface area contributed by atoms with Crippen LogP contribution in [0.1, 0.15) is 29.7 Å². The fourth-order valence-electron chi connectivity index (χ4n) is 2.31. The summed E-state index contributed by atoms with van der Waals surface area (Å²) >= 11 is 0. The molecule has 4 N–H and O–H groups in total. The van der Waals surface area contributed by atoms with E-state index in [0.29, 0.717) is 5.56 Å². The zero-order chi connectivity index (χ0) is 16.8. The van der Waals surface area contributed by atoms with Crippen molar-refractivity contribution < 1.29 is 14.3 Å². The highest BCUT2D eigenvalue weighted by atomic mass is 19.1. The SMILES string of the molecule is CC(C(=O)NCc1ccc(CO)c(F)c1)C(N)c1ccccc1. The predicted octanol–water partition coefficient (Wildman–Crippen LogP) is 2.27. The highest BCUT2D eigenvalue weighted by Gasteiger charge is 2.21. The monoisotopic (exact) mass is 316 g/mol. The molecule has 1 amide bonds. The zero-order valence-corrected chi connectivity index (χ0v) is 13.0. The van der Waals surface area contributed by atoms with Crippen LogP contribution in [0.25, 0.3) is 0 Å². The lowest BCUT2D eigenvalue weighted by Crippen LogP contribution is -2.35. The standard InChI is InChI=1S/C18H21FN2O2/c1-12(17(20)14-5-3-2-4-6-14)18(23)21-10-13-7-8-15(11-22)16(19)9-13/h2-9,12,17,22H,10-11,20H2,1H3,(H,21,23). The summed E-state index contributed by atoms with van der Waals surface area (Å²) in [5, 5.41) is 11.7. The van der Waals surface area contributed by atoms with Crippen LogP contribution >= 0.6 is 0 Å². The van der Waals surface area contributed by atoms with Crippen molar-refractivity contribution in [3.63, 3.8) is 0 Å². The van der Waals surface area contributed by atoms with Crippen LogP contribution in [0.4, 0.5) is 4.39 Å². The molecule has 0 heterocycles. The molecule has 2 unspecified atom stereocenters. The number of carbonyl (C=O) groups is 1. The lowest BCUT2D eigenvalue weighted by Gasteiger charge is -2.20. The smallest absolute Gasteiger partial charge is 0.225 e. The molecule has 4 nitrogen and oxygen atoms in total. The minimum atomic E-state index is -0.478. The molecule has 0 bridgehead atoms. The first-order valence-corrected chi connectivity index (χ1v) is 7.49. The molecule has 0 saturated heterocycles. The van der Waals surface area contributed by atoms with Crippen molar-refractivity contribution in [3.05, 3.63) is 71.0 Å². The Hall–Kier alpha value is -2.24. The maximum absolute atomic E-state index is 13.6. The summed E-state index contributed by atoms with van der Waals surface area (Å²) in [4.78, 5) is 12.2. The number of aliphatic hydroxyl groups excluding tert-OH is 1. The van der Waals surface area contributed by atoms with E-state index >= 15 is 0 Å². The largest absolute Gasteiger partial charge is 0.392 e. The van der Waals surface area contributed by atoms with E-state index in [4.69, 9.17) is 10.8 Å². The highest BCUT2D eigenvalue weighted by Crippen LogP contribution is 2.19. The molecule has 2 atom stereocenters. The average molecular weight is 316 g/mol. The lowest BCUT2D eigenvalue weighted by atomic mass is 9.94. The summed E-state index contributed by atoms with van der Waals surface area (Å²) in [5.41, 5.74) is 7.89. The van der Waals surface area contributed by atoms with Gasteiger partial charge in [-0.1, -0.05) is 49.4 Å². The molecule has 2 rings (SSSR count). The number of hydrogen-bond donors (Lipinski definition) is 3. The summed E-state index contributed by atoms with van der Waals surface area (Å²) in [7, 11) is 0. The Kier molecular flexibility index (Phi) is 5.84. The van der Waals surface area contributed by atoms with Crippen molar-refractivity contribution in [2.45, 2.75) is 26.1 Å². The van der Waals surface area contributed by atoms with Gasteiger partial charge in [0.25, 0.3) is 0 Å². The van der Waals surface area contributed by atoms with Gasteiger partial charge in [0, 0.05) is 18.2 Å². The molecule has 0 fully saturated rings. The van der Waals surface area contributed by atoms with Crippen molar-refractivity contribution in [1.82, 2.24) is 5.32 Å². The summed E-state index contributed by atoms with van der Waals surface area (Å²) in [6.45, 7) is 1.64. The Morgan fingerprint density at radius 3 is 2.57 bits per heavy atom. The molecular weight excluding hydrogens is 295 g/mol. The van der Waals surface area contributed by atoms with Gasteiger partial charge in [0.2, 0.25) is 5.91 Å². The van der Waals surface area contributed by atoms with Crippen LogP contribution in [0.5, 0.6) is 0 Å². The molecular formula is C18H21FN2O2. The first kappa shape index (κ1) is 17.1. The Bertz CT molecular complexity index is 661. The first-order chi connectivity index (χ1) is 11.0. The Morgan fingerprint density at radius 1 is 1.26 bits per heavy atom. The number of halogens is 1. The lowest BCUT2D eigenvalue weighted by molar-refractivity contribution is -0.125. The van der Waals surface area contributed by atoms with E-state index in [9.17, 15) is 9.18 Å². The van der Waals surface area contributed by atoms with Crippen LogP contribution < -0.4 is 11.1 Å². The number of amides is 1. The summed E-state index contributed by atoms with van der Waals surface area (Å²) in [6.07, 6.45) is 0. The second-order valence-corrected chi connectivity index (χ2v) is 5.53. The van der Waals surface area contributed by atoms with Gasteiger partial charge in [-0.25, -0.2) is 4.39 Å². The van der Waals surface area contributed by atoms with E-state index in [2.05, 4.69) is 5.32 Å². The van der Waals surface area contributed by atoms with Crippen molar-refractivity contribution in [1.29, 1.82) is 0 Å². The third kappa shape index (κ3) is 4.37. The molecule has 0 saturated carbocycles. The molecule has 5 heteroatoms. The number of nitrogens with two attached hydrogens (primary N) is 1. The average Bonchev–Trinajstić information content (AvgIpc) is 2.59. The number of hydrogen-bond acceptors (Lipinski definition) is 3. The molecule has 0 spiro atoms. The Balaban J connectivity index is 1.95. The van der Waals surface area contributed by atoms with Crippen LogP contribution in [-0.4, -0.2) is 11.0 Å². The topological polar surface area (TPSA) is 75.3 Å². The maximum Gasteiger partial charge on any atom is 0.225 e. The fourth-order valence-corrected chi connectivity index (χ4v) is 2.31. The summed E-state index contributed by atoms with van der Waals surface area (Å²) in [6, 6.07) is 13.5. The zero-order valence-electron chi connectivity index (χ0n) is 13.0. The number of rotatable bonds is 6. The first-order valence-electron chi connectivity index (χ1n) is 7.49.